The third-order valence-electron chi connectivity index (χ3n) is 5.94. The lowest BCUT2D eigenvalue weighted by Crippen LogP contribution is -2.57. The van der Waals surface area contributed by atoms with Gasteiger partial charge in [-0.2, -0.15) is 0 Å². The molecule has 2 aliphatic rings. The summed E-state index contributed by atoms with van der Waals surface area (Å²) in [5.74, 6) is -0.560. The Kier molecular flexibility index (Phi) is 6.16. The van der Waals surface area contributed by atoms with Crippen LogP contribution in [0.5, 0.6) is 0 Å². The standard InChI is InChI=1S/C22H26ClN3O3S/c1-14-11-16(12-15-5-8-26(2)9-6-17(14)15)24-21(28)22(7-10-29-13-22)25-20(27)18-3-4-19(23)30-18/h3-4,11-12H,5-10,13H2,1-2H3,(H,24,28)(H,25,27)/t22-/m1/s1. The van der Waals surface area contributed by atoms with E-state index in [1.807, 2.05) is 6.07 Å². The summed E-state index contributed by atoms with van der Waals surface area (Å²) in [6, 6.07) is 7.43. The van der Waals surface area contributed by atoms with Gasteiger partial charge in [0.05, 0.1) is 15.8 Å². The molecule has 2 N–H and O–H groups in total. The van der Waals surface area contributed by atoms with Crippen LogP contribution in [-0.2, 0) is 22.4 Å². The molecular weight excluding hydrogens is 422 g/mol. The fourth-order valence-electron chi connectivity index (χ4n) is 4.13. The number of halogens is 1. The third-order valence-corrected chi connectivity index (χ3v) is 7.17. The van der Waals surface area contributed by atoms with E-state index in [2.05, 4.69) is 35.6 Å². The Bertz CT molecular complexity index is 969. The maximum absolute atomic E-state index is 13.3. The summed E-state index contributed by atoms with van der Waals surface area (Å²) in [6.45, 7) is 4.71. The number of likely N-dealkylation sites (N-methyl/N-ethyl adjacent to an activating group) is 1. The number of thiophene rings is 1. The molecule has 0 saturated carbocycles. The van der Waals surface area contributed by atoms with Gasteiger partial charge in [0.25, 0.3) is 11.8 Å². The molecule has 1 aromatic carbocycles. The van der Waals surface area contributed by atoms with Crippen LogP contribution in [0.3, 0.4) is 0 Å². The predicted octanol–water partition coefficient (Wildman–Crippen LogP) is 3.27. The molecular formula is C22H26ClN3O3S. The zero-order valence-corrected chi connectivity index (χ0v) is 18.8. The van der Waals surface area contributed by atoms with Crippen molar-refractivity contribution in [3.63, 3.8) is 0 Å². The first kappa shape index (κ1) is 21.3. The van der Waals surface area contributed by atoms with Gasteiger partial charge in [-0.15, -0.1) is 11.3 Å². The Morgan fingerprint density at radius 1 is 1.23 bits per heavy atom. The molecule has 0 radical (unpaired) electrons. The number of hydrogen-bond donors (Lipinski definition) is 2. The zero-order valence-electron chi connectivity index (χ0n) is 17.2. The van der Waals surface area contributed by atoms with E-state index in [4.69, 9.17) is 16.3 Å². The maximum atomic E-state index is 13.3. The summed E-state index contributed by atoms with van der Waals surface area (Å²) in [6.07, 6.45) is 2.40. The molecule has 2 amide bonds. The van der Waals surface area contributed by atoms with E-state index in [1.165, 1.54) is 28.0 Å². The Balaban J connectivity index is 1.54. The van der Waals surface area contributed by atoms with E-state index >= 15 is 0 Å². The number of carbonyl (C=O) groups is 2. The zero-order chi connectivity index (χ0) is 21.3. The first-order valence-corrected chi connectivity index (χ1v) is 11.3. The second kappa shape index (κ2) is 8.67. The van der Waals surface area contributed by atoms with E-state index in [9.17, 15) is 9.59 Å². The van der Waals surface area contributed by atoms with Crippen LogP contribution >= 0.6 is 22.9 Å². The molecule has 2 aromatic rings. The number of rotatable bonds is 4. The third kappa shape index (κ3) is 4.39. The van der Waals surface area contributed by atoms with E-state index in [1.54, 1.807) is 12.1 Å². The van der Waals surface area contributed by atoms with Gasteiger partial charge in [-0.25, -0.2) is 0 Å². The predicted molar refractivity (Wildman–Crippen MR) is 120 cm³/mol. The highest BCUT2D eigenvalue weighted by Crippen LogP contribution is 2.28. The Morgan fingerprint density at radius 2 is 2.03 bits per heavy atom. The summed E-state index contributed by atoms with van der Waals surface area (Å²) in [5, 5.41) is 5.94. The lowest BCUT2D eigenvalue weighted by molar-refractivity contribution is -0.122. The molecule has 4 rings (SSSR count). The molecule has 0 aliphatic carbocycles. The molecule has 0 bridgehead atoms. The van der Waals surface area contributed by atoms with Gasteiger partial charge in [-0.1, -0.05) is 11.6 Å². The van der Waals surface area contributed by atoms with Crippen LogP contribution in [0.1, 0.15) is 32.8 Å². The fraction of sp³-hybridized carbons (Fsp3) is 0.455. The molecule has 0 spiro atoms. The minimum atomic E-state index is -1.09. The lowest BCUT2D eigenvalue weighted by atomic mass is 9.95. The van der Waals surface area contributed by atoms with Crippen molar-refractivity contribution in [3.05, 3.63) is 50.2 Å². The van der Waals surface area contributed by atoms with Crippen molar-refractivity contribution in [1.82, 2.24) is 10.2 Å². The van der Waals surface area contributed by atoms with Crippen molar-refractivity contribution in [2.24, 2.45) is 0 Å². The van der Waals surface area contributed by atoms with Crippen molar-refractivity contribution < 1.29 is 14.3 Å². The maximum Gasteiger partial charge on any atom is 0.262 e. The number of nitrogens with one attached hydrogen (secondary N) is 2. The summed E-state index contributed by atoms with van der Waals surface area (Å²) in [4.78, 5) is 28.8. The number of amides is 2. The van der Waals surface area contributed by atoms with Gasteiger partial charge in [0.2, 0.25) is 0 Å². The number of benzene rings is 1. The van der Waals surface area contributed by atoms with Crippen molar-refractivity contribution in [2.45, 2.75) is 31.7 Å². The van der Waals surface area contributed by atoms with Crippen molar-refractivity contribution in [3.8, 4) is 0 Å². The van der Waals surface area contributed by atoms with Crippen LogP contribution in [-0.4, -0.2) is 55.6 Å². The van der Waals surface area contributed by atoms with Gasteiger partial charge in [-0.05, 0) is 67.8 Å². The average molecular weight is 448 g/mol. The molecule has 1 saturated heterocycles. The van der Waals surface area contributed by atoms with Gasteiger partial charge < -0.3 is 20.3 Å². The van der Waals surface area contributed by atoms with Gasteiger partial charge in [-0.3, -0.25) is 9.59 Å². The fourth-order valence-corrected chi connectivity index (χ4v) is 5.07. The minimum Gasteiger partial charge on any atom is -0.378 e. The summed E-state index contributed by atoms with van der Waals surface area (Å²) >= 11 is 7.14. The highest BCUT2D eigenvalue weighted by atomic mass is 35.5. The molecule has 1 fully saturated rings. The molecule has 1 aromatic heterocycles. The smallest absolute Gasteiger partial charge is 0.262 e. The molecule has 3 heterocycles. The van der Waals surface area contributed by atoms with Gasteiger partial charge in [0.15, 0.2) is 0 Å². The number of nitrogens with zero attached hydrogens (tertiary/aromatic N) is 1. The quantitative estimate of drug-likeness (QED) is 0.754. The van der Waals surface area contributed by atoms with Crippen LogP contribution in [0.25, 0.3) is 0 Å². The van der Waals surface area contributed by atoms with Crippen LogP contribution in [0.15, 0.2) is 24.3 Å². The Morgan fingerprint density at radius 3 is 2.73 bits per heavy atom. The second-order valence-corrected chi connectivity index (χ2v) is 9.85. The van der Waals surface area contributed by atoms with Crippen LogP contribution in [0.2, 0.25) is 4.34 Å². The number of ether oxygens (including phenoxy) is 1. The molecule has 8 heteroatoms. The van der Waals surface area contributed by atoms with Gasteiger partial charge in [0, 0.05) is 31.8 Å². The topological polar surface area (TPSA) is 70.7 Å². The molecule has 6 nitrogen and oxygen atoms in total. The SMILES string of the molecule is Cc1cc(NC(=O)[C@@]2(NC(=O)c3ccc(Cl)s3)CCOC2)cc2c1CCN(C)CC2. The van der Waals surface area contributed by atoms with Crippen LogP contribution in [0.4, 0.5) is 5.69 Å². The molecule has 30 heavy (non-hydrogen) atoms. The van der Waals surface area contributed by atoms with Crippen molar-refractivity contribution in [1.29, 1.82) is 0 Å². The molecule has 160 valence electrons. The number of hydrogen-bond acceptors (Lipinski definition) is 5. The second-order valence-electron chi connectivity index (χ2n) is 8.13. The Hall–Kier alpha value is -1.93. The van der Waals surface area contributed by atoms with Crippen molar-refractivity contribution >= 4 is 40.4 Å². The van der Waals surface area contributed by atoms with Gasteiger partial charge >= 0.3 is 0 Å². The average Bonchev–Trinajstić information content (AvgIpc) is 3.31. The monoisotopic (exact) mass is 447 g/mol. The largest absolute Gasteiger partial charge is 0.378 e. The van der Waals surface area contributed by atoms with E-state index in [0.29, 0.717) is 22.2 Å². The molecule has 1 atom stereocenters. The normalized spacial score (nSPS) is 21.7. The molecule has 0 unspecified atom stereocenters. The van der Waals surface area contributed by atoms with E-state index < -0.39 is 5.54 Å². The highest BCUT2D eigenvalue weighted by molar-refractivity contribution is 7.18. The highest BCUT2D eigenvalue weighted by Gasteiger charge is 2.44. The number of carbonyl (C=O) groups excluding carboxylic acids is 2. The summed E-state index contributed by atoms with van der Waals surface area (Å²) in [7, 11) is 2.14. The molecule has 2 aliphatic heterocycles. The first-order valence-electron chi connectivity index (χ1n) is 10.1. The first-order chi connectivity index (χ1) is 14.4. The number of anilines is 1. The van der Waals surface area contributed by atoms with Crippen LogP contribution < -0.4 is 10.6 Å². The number of aryl methyl sites for hydroxylation is 1. The van der Waals surface area contributed by atoms with Crippen molar-refractivity contribution in [2.75, 3.05) is 38.7 Å². The lowest BCUT2D eigenvalue weighted by Gasteiger charge is -2.27. The Labute approximate surface area is 185 Å². The van der Waals surface area contributed by atoms with Crippen LogP contribution in [0, 0.1) is 6.92 Å². The summed E-state index contributed by atoms with van der Waals surface area (Å²) in [5.41, 5.74) is 3.52. The minimum absolute atomic E-state index is 0.151. The van der Waals surface area contributed by atoms with E-state index in [-0.39, 0.29) is 18.4 Å². The van der Waals surface area contributed by atoms with E-state index in [0.717, 1.165) is 31.6 Å². The number of fused-ring (bicyclic) bond motifs is 1. The summed E-state index contributed by atoms with van der Waals surface area (Å²) < 4.78 is 6.03. The van der Waals surface area contributed by atoms with Gasteiger partial charge in [0.1, 0.15) is 5.54 Å².